The smallest absolute Gasteiger partial charge is 0.224 e. The highest BCUT2D eigenvalue weighted by Gasteiger charge is 2.21. The predicted octanol–water partition coefficient (Wildman–Crippen LogP) is 4.30. The number of benzene rings is 2. The molecule has 0 atom stereocenters. The third-order valence-electron chi connectivity index (χ3n) is 5.63. The van der Waals surface area contributed by atoms with Crippen molar-refractivity contribution in [3.63, 3.8) is 0 Å². The third-order valence-corrected chi connectivity index (χ3v) is 6.19. The van der Waals surface area contributed by atoms with Crippen molar-refractivity contribution in [3.05, 3.63) is 69.5 Å². The Hall–Kier alpha value is -2.48. The fourth-order valence-electron chi connectivity index (χ4n) is 3.90. The van der Waals surface area contributed by atoms with Gasteiger partial charge in [0.1, 0.15) is 0 Å². The molecule has 162 valence electrons. The van der Waals surface area contributed by atoms with Gasteiger partial charge in [0.15, 0.2) is 10.6 Å². The molecule has 0 spiro atoms. The first-order valence-corrected chi connectivity index (χ1v) is 11.2. The van der Waals surface area contributed by atoms with Crippen molar-refractivity contribution in [2.45, 2.75) is 26.4 Å². The Balaban J connectivity index is 1.32. The Bertz CT molecular complexity index is 1100. The Morgan fingerprint density at radius 3 is 2.58 bits per heavy atom. The molecule has 1 amide bonds. The summed E-state index contributed by atoms with van der Waals surface area (Å²) in [5, 5.41) is 8.00. The van der Waals surface area contributed by atoms with Crippen LogP contribution in [0.2, 0.25) is 5.02 Å². The number of aromatic amines is 1. The van der Waals surface area contributed by atoms with E-state index in [0.717, 1.165) is 54.7 Å². The molecular weight excluding hydrogens is 430 g/mol. The van der Waals surface area contributed by atoms with E-state index in [9.17, 15) is 4.79 Å². The van der Waals surface area contributed by atoms with E-state index in [0.29, 0.717) is 17.7 Å². The van der Waals surface area contributed by atoms with Gasteiger partial charge in [0.2, 0.25) is 5.91 Å². The molecule has 1 fully saturated rings. The number of hydrogen-bond donors (Lipinski definition) is 1. The van der Waals surface area contributed by atoms with Crippen molar-refractivity contribution in [3.8, 4) is 11.4 Å². The Morgan fingerprint density at radius 2 is 1.87 bits per heavy atom. The van der Waals surface area contributed by atoms with Crippen LogP contribution in [0.3, 0.4) is 0 Å². The normalized spacial score (nSPS) is 14.7. The lowest BCUT2D eigenvalue weighted by molar-refractivity contribution is -0.133. The number of aromatic nitrogens is 3. The van der Waals surface area contributed by atoms with Crippen molar-refractivity contribution in [2.24, 2.45) is 0 Å². The Labute approximate surface area is 192 Å². The molecule has 3 aromatic rings. The SMILES string of the molecule is Cc1cccc(-c2n[nH]c(=S)n2CCC(=O)N2CCN(Cc3ccc(Cl)cc3)CC2)c1. The van der Waals surface area contributed by atoms with Crippen molar-refractivity contribution in [1.29, 1.82) is 0 Å². The first-order valence-electron chi connectivity index (χ1n) is 10.5. The second kappa shape index (κ2) is 9.77. The lowest BCUT2D eigenvalue weighted by Gasteiger charge is -2.35. The van der Waals surface area contributed by atoms with E-state index in [2.05, 4.69) is 33.3 Å². The maximum Gasteiger partial charge on any atom is 0.224 e. The third kappa shape index (κ3) is 5.42. The minimum absolute atomic E-state index is 0.157. The molecule has 2 heterocycles. The van der Waals surface area contributed by atoms with Gasteiger partial charge in [0.25, 0.3) is 0 Å². The quantitative estimate of drug-likeness (QED) is 0.563. The van der Waals surface area contributed by atoms with E-state index in [1.807, 2.05) is 46.7 Å². The zero-order valence-corrected chi connectivity index (χ0v) is 19.1. The predicted molar refractivity (Wildman–Crippen MR) is 126 cm³/mol. The van der Waals surface area contributed by atoms with E-state index >= 15 is 0 Å². The second-order valence-electron chi connectivity index (χ2n) is 7.91. The molecule has 31 heavy (non-hydrogen) atoms. The van der Waals surface area contributed by atoms with E-state index in [4.69, 9.17) is 23.8 Å². The van der Waals surface area contributed by atoms with Gasteiger partial charge >= 0.3 is 0 Å². The van der Waals surface area contributed by atoms with Crippen molar-refractivity contribution in [1.82, 2.24) is 24.6 Å². The maximum atomic E-state index is 12.8. The van der Waals surface area contributed by atoms with Gasteiger partial charge in [0, 0.05) is 56.3 Å². The standard InChI is InChI=1S/C23H26ClN5OS/c1-17-3-2-4-19(15-17)22-25-26-23(31)29(22)10-9-21(30)28-13-11-27(12-14-28)16-18-5-7-20(24)8-6-18/h2-8,15H,9-14,16H2,1H3,(H,26,31). The molecule has 0 bridgehead atoms. The Morgan fingerprint density at radius 1 is 1.13 bits per heavy atom. The van der Waals surface area contributed by atoms with Crippen LogP contribution in [-0.2, 0) is 17.9 Å². The van der Waals surface area contributed by atoms with Crippen molar-refractivity contribution < 1.29 is 4.79 Å². The molecule has 0 unspecified atom stereocenters. The molecule has 4 rings (SSSR count). The van der Waals surface area contributed by atoms with E-state index in [-0.39, 0.29) is 5.91 Å². The zero-order chi connectivity index (χ0) is 21.8. The van der Waals surface area contributed by atoms with Gasteiger partial charge < -0.3 is 4.90 Å². The number of rotatable bonds is 6. The van der Waals surface area contributed by atoms with Crippen LogP contribution in [0.1, 0.15) is 17.5 Å². The zero-order valence-electron chi connectivity index (χ0n) is 17.6. The number of piperazine rings is 1. The Kier molecular flexibility index (Phi) is 6.85. The number of nitrogens with one attached hydrogen (secondary N) is 1. The van der Waals surface area contributed by atoms with Gasteiger partial charge in [0.05, 0.1) is 0 Å². The molecule has 0 saturated carbocycles. The number of carbonyl (C=O) groups excluding carboxylic acids is 1. The summed E-state index contributed by atoms with van der Waals surface area (Å²) in [6, 6.07) is 16.1. The molecule has 0 radical (unpaired) electrons. The summed E-state index contributed by atoms with van der Waals surface area (Å²) >= 11 is 11.4. The van der Waals surface area contributed by atoms with Gasteiger partial charge in [-0.3, -0.25) is 19.4 Å². The van der Waals surface area contributed by atoms with Crippen LogP contribution in [0.15, 0.2) is 48.5 Å². The van der Waals surface area contributed by atoms with Crippen LogP contribution in [0, 0.1) is 11.7 Å². The summed E-state index contributed by atoms with van der Waals surface area (Å²) in [4.78, 5) is 17.1. The molecule has 1 aliphatic rings. The minimum atomic E-state index is 0.157. The lowest BCUT2D eigenvalue weighted by Crippen LogP contribution is -2.48. The first kappa shape index (κ1) is 21.7. The van der Waals surface area contributed by atoms with E-state index in [1.54, 1.807) is 0 Å². The van der Waals surface area contributed by atoms with Crippen LogP contribution in [0.5, 0.6) is 0 Å². The summed E-state index contributed by atoms with van der Waals surface area (Å²) in [6.45, 7) is 6.67. The summed E-state index contributed by atoms with van der Waals surface area (Å²) < 4.78 is 2.45. The van der Waals surface area contributed by atoms with Crippen LogP contribution in [-0.4, -0.2) is 56.7 Å². The summed E-state index contributed by atoms with van der Waals surface area (Å²) in [7, 11) is 0. The van der Waals surface area contributed by atoms with Crippen LogP contribution >= 0.6 is 23.8 Å². The summed E-state index contributed by atoms with van der Waals surface area (Å²) in [5.41, 5.74) is 3.39. The lowest BCUT2D eigenvalue weighted by atomic mass is 10.1. The monoisotopic (exact) mass is 455 g/mol. The minimum Gasteiger partial charge on any atom is -0.340 e. The van der Waals surface area contributed by atoms with Crippen LogP contribution < -0.4 is 0 Å². The fraction of sp³-hybridized carbons (Fsp3) is 0.348. The number of H-pyrrole nitrogens is 1. The summed E-state index contributed by atoms with van der Waals surface area (Å²) in [5.74, 6) is 0.929. The highest BCUT2D eigenvalue weighted by atomic mass is 35.5. The highest BCUT2D eigenvalue weighted by molar-refractivity contribution is 7.71. The summed E-state index contributed by atoms with van der Waals surface area (Å²) in [6.07, 6.45) is 0.407. The molecule has 1 aliphatic heterocycles. The highest BCUT2D eigenvalue weighted by Crippen LogP contribution is 2.19. The molecule has 2 aromatic carbocycles. The van der Waals surface area contributed by atoms with Crippen LogP contribution in [0.4, 0.5) is 0 Å². The van der Waals surface area contributed by atoms with Gasteiger partial charge in [-0.05, 0) is 42.9 Å². The fourth-order valence-corrected chi connectivity index (χ4v) is 4.25. The van der Waals surface area contributed by atoms with Crippen molar-refractivity contribution >= 4 is 29.7 Å². The van der Waals surface area contributed by atoms with Gasteiger partial charge in [-0.2, -0.15) is 5.10 Å². The largest absolute Gasteiger partial charge is 0.340 e. The molecule has 1 N–H and O–H groups in total. The topological polar surface area (TPSA) is 57.2 Å². The van der Waals surface area contributed by atoms with Gasteiger partial charge in [-0.15, -0.1) is 0 Å². The average Bonchev–Trinajstić information content (AvgIpc) is 3.14. The molecular formula is C23H26ClN5OS. The average molecular weight is 456 g/mol. The molecule has 0 aliphatic carbocycles. The number of nitrogens with zero attached hydrogens (tertiary/aromatic N) is 4. The van der Waals surface area contributed by atoms with Crippen molar-refractivity contribution in [2.75, 3.05) is 26.2 Å². The van der Waals surface area contributed by atoms with Gasteiger partial charge in [-0.1, -0.05) is 47.5 Å². The maximum absolute atomic E-state index is 12.8. The van der Waals surface area contributed by atoms with Crippen LogP contribution in [0.25, 0.3) is 11.4 Å². The number of hydrogen-bond acceptors (Lipinski definition) is 4. The van der Waals surface area contributed by atoms with E-state index in [1.165, 1.54) is 5.56 Å². The van der Waals surface area contributed by atoms with E-state index < -0.39 is 0 Å². The number of amides is 1. The molecule has 8 heteroatoms. The molecule has 6 nitrogen and oxygen atoms in total. The number of carbonyl (C=O) groups is 1. The first-order chi connectivity index (χ1) is 15.0. The molecule has 1 aromatic heterocycles. The molecule has 1 saturated heterocycles. The number of halogens is 1. The van der Waals surface area contributed by atoms with Gasteiger partial charge in [-0.25, -0.2) is 0 Å². The number of aryl methyl sites for hydroxylation is 1. The second-order valence-corrected chi connectivity index (χ2v) is 8.73.